The average molecular weight is 357 g/mol. The molecule has 0 bridgehead atoms. The molecule has 3 aromatic rings. The van der Waals surface area contributed by atoms with Crippen molar-refractivity contribution < 1.29 is 17.9 Å². The van der Waals surface area contributed by atoms with Crippen LogP contribution in [0.5, 0.6) is 5.75 Å². The zero-order valence-corrected chi connectivity index (χ0v) is 14.1. The molecule has 0 aliphatic rings. The van der Waals surface area contributed by atoms with Gasteiger partial charge in [0.15, 0.2) is 0 Å². The molecule has 0 fully saturated rings. The molecule has 0 saturated carbocycles. The van der Waals surface area contributed by atoms with E-state index in [1.807, 2.05) is 24.3 Å². The number of ether oxygens (including phenoxy) is 1. The van der Waals surface area contributed by atoms with E-state index in [1.165, 1.54) is 25.3 Å². The minimum absolute atomic E-state index is 0.0647. The lowest BCUT2D eigenvalue weighted by molar-refractivity contribution is 0.102. The average Bonchev–Trinajstić information content (AvgIpc) is 2.60. The van der Waals surface area contributed by atoms with Gasteiger partial charge in [0.25, 0.3) is 5.91 Å². The van der Waals surface area contributed by atoms with E-state index in [9.17, 15) is 13.2 Å². The molecule has 0 radical (unpaired) electrons. The molecule has 1 amide bonds. The second kappa shape index (κ2) is 6.50. The smallest absolute Gasteiger partial charge is 0.259 e. The number of fused-ring (bicyclic) bond motifs is 1. The van der Waals surface area contributed by atoms with Gasteiger partial charge in [-0.05, 0) is 30.3 Å². The number of carbonyl (C=O) groups is 1. The third-order valence-corrected chi connectivity index (χ3v) is 4.55. The van der Waals surface area contributed by atoms with E-state index in [-0.39, 0.29) is 16.2 Å². The van der Waals surface area contributed by atoms with Gasteiger partial charge in [-0.25, -0.2) is 13.6 Å². The SMILES string of the molecule is COc1ccc(S(N)(=O)=O)cc1C(=O)Nc1ccnc2ccccc12. The minimum atomic E-state index is -3.94. The van der Waals surface area contributed by atoms with Crippen molar-refractivity contribution in [1.29, 1.82) is 0 Å². The number of hydrogen-bond acceptors (Lipinski definition) is 5. The number of carbonyl (C=O) groups excluding carboxylic acids is 1. The number of benzene rings is 2. The van der Waals surface area contributed by atoms with Crippen molar-refractivity contribution in [3.05, 3.63) is 60.3 Å². The number of methoxy groups -OCH3 is 1. The molecule has 1 heterocycles. The molecule has 3 rings (SSSR count). The summed E-state index contributed by atoms with van der Waals surface area (Å²) in [4.78, 5) is 16.7. The summed E-state index contributed by atoms with van der Waals surface area (Å²) in [6.45, 7) is 0. The first-order valence-electron chi connectivity index (χ1n) is 7.26. The van der Waals surface area contributed by atoms with Gasteiger partial charge in [-0.3, -0.25) is 9.78 Å². The molecule has 8 heteroatoms. The zero-order chi connectivity index (χ0) is 18.0. The minimum Gasteiger partial charge on any atom is -0.496 e. The summed E-state index contributed by atoms with van der Waals surface area (Å²) in [6.07, 6.45) is 1.58. The Morgan fingerprint density at radius 3 is 2.64 bits per heavy atom. The highest BCUT2D eigenvalue weighted by Crippen LogP contribution is 2.25. The number of pyridine rings is 1. The fraction of sp³-hybridized carbons (Fsp3) is 0.0588. The third kappa shape index (κ3) is 3.44. The number of rotatable bonds is 4. The second-order valence-corrected chi connectivity index (χ2v) is 6.80. The van der Waals surface area contributed by atoms with Crippen molar-refractivity contribution in [2.24, 2.45) is 5.14 Å². The molecule has 2 aromatic carbocycles. The number of nitrogens with one attached hydrogen (secondary N) is 1. The Morgan fingerprint density at radius 1 is 1.16 bits per heavy atom. The quantitative estimate of drug-likeness (QED) is 0.743. The molecule has 0 unspecified atom stereocenters. The van der Waals surface area contributed by atoms with Gasteiger partial charge in [-0.1, -0.05) is 18.2 Å². The molecule has 128 valence electrons. The van der Waals surface area contributed by atoms with Gasteiger partial charge < -0.3 is 10.1 Å². The maximum atomic E-state index is 12.7. The Hall–Kier alpha value is -2.97. The number of primary sulfonamides is 1. The van der Waals surface area contributed by atoms with E-state index in [4.69, 9.17) is 9.88 Å². The fourth-order valence-electron chi connectivity index (χ4n) is 2.44. The number of amides is 1. The van der Waals surface area contributed by atoms with Crippen LogP contribution in [0.2, 0.25) is 0 Å². The van der Waals surface area contributed by atoms with Crippen LogP contribution in [0.15, 0.2) is 59.6 Å². The third-order valence-electron chi connectivity index (χ3n) is 3.64. The molecule has 0 saturated heterocycles. The van der Waals surface area contributed by atoms with Gasteiger partial charge in [-0.15, -0.1) is 0 Å². The number of nitrogens with zero attached hydrogens (tertiary/aromatic N) is 1. The lowest BCUT2D eigenvalue weighted by Gasteiger charge is -2.12. The summed E-state index contributed by atoms with van der Waals surface area (Å²) in [5.74, 6) is -0.276. The fourth-order valence-corrected chi connectivity index (χ4v) is 2.98. The van der Waals surface area contributed by atoms with Crippen molar-refractivity contribution >= 4 is 32.5 Å². The maximum absolute atomic E-state index is 12.7. The number of anilines is 1. The van der Waals surface area contributed by atoms with E-state index < -0.39 is 15.9 Å². The first kappa shape index (κ1) is 16.9. The number of nitrogens with two attached hydrogens (primary N) is 1. The highest BCUT2D eigenvalue weighted by molar-refractivity contribution is 7.89. The Labute approximate surface area is 144 Å². The van der Waals surface area contributed by atoms with E-state index >= 15 is 0 Å². The number of sulfonamides is 1. The van der Waals surface area contributed by atoms with Gasteiger partial charge in [0, 0.05) is 11.6 Å². The Kier molecular flexibility index (Phi) is 4.39. The molecule has 0 aliphatic heterocycles. The second-order valence-electron chi connectivity index (χ2n) is 5.24. The zero-order valence-electron chi connectivity index (χ0n) is 13.3. The predicted molar refractivity (Wildman–Crippen MR) is 94.1 cm³/mol. The Morgan fingerprint density at radius 2 is 1.92 bits per heavy atom. The molecule has 0 atom stereocenters. The molecular formula is C17H15N3O4S. The van der Waals surface area contributed by atoms with Gasteiger partial charge in [-0.2, -0.15) is 0 Å². The van der Waals surface area contributed by atoms with Crippen LogP contribution in [-0.2, 0) is 10.0 Å². The van der Waals surface area contributed by atoms with Crippen LogP contribution < -0.4 is 15.2 Å². The highest BCUT2D eigenvalue weighted by Gasteiger charge is 2.18. The topological polar surface area (TPSA) is 111 Å². The van der Waals surface area contributed by atoms with Crippen LogP contribution >= 0.6 is 0 Å². The summed E-state index contributed by atoms with van der Waals surface area (Å²) < 4.78 is 28.2. The molecule has 1 aromatic heterocycles. The van der Waals surface area contributed by atoms with Gasteiger partial charge in [0.1, 0.15) is 5.75 Å². The van der Waals surface area contributed by atoms with Crippen LogP contribution in [0.4, 0.5) is 5.69 Å². The molecular weight excluding hydrogens is 342 g/mol. The number of para-hydroxylation sites is 1. The van der Waals surface area contributed by atoms with Crippen molar-refractivity contribution in [1.82, 2.24) is 4.98 Å². The normalized spacial score (nSPS) is 11.3. The van der Waals surface area contributed by atoms with Crippen LogP contribution in [0.3, 0.4) is 0 Å². The molecule has 0 aliphatic carbocycles. The lowest BCUT2D eigenvalue weighted by Crippen LogP contribution is -2.17. The largest absolute Gasteiger partial charge is 0.496 e. The lowest BCUT2D eigenvalue weighted by atomic mass is 10.1. The molecule has 3 N–H and O–H groups in total. The van der Waals surface area contributed by atoms with Gasteiger partial charge >= 0.3 is 0 Å². The van der Waals surface area contributed by atoms with E-state index in [2.05, 4.69) is 10.3 Å². The number of aromatic nitrogens is 1. The standard InChI is InChI=1S/C17H15N3O4S/c1-24-16-7-6-11(25(18,22)23)10-13(16)17(21)20-15-8-9-19-14-5-3-2-4-12(14)15/h2-10H,1H3,(H2,18,22,23)(H,19,20,21). The van der Waals surface area contributed by atoms with Crippen molar-refractivity contribution in [2.45, 2.75) is 4.90 Å². The maximum Gasteiger partial charge on any atom is 0.259 e. The van der Waals surface area contributed by atoms with Crippen LogP contribution in [-0.4, -0.2) is 26.4 Å². The van der Waals surface area contributed by atoms with Crippen LogP contribution in [0.1, 0.15) is 10.4 Å². The predicted octanol–water partition coefficient (Wildman–Crippen LogP) is 2.14. The van der Waals surface area contributed by atoms with Crippen LogP contribution in [0.25, 0.3) is 10.9 Å². The first-order valence-corrected chi connectivity index (χ1v) is 8.81. The summed E-state index contributed by atoms with van der Waals surface area (Å²) in [6, 6.07) is 12.9. The summed E-state index contributed by atoms with van der Waals surface area (Å²) >= 11 is 0. The summed E-state index contributed by atoms with van der Waals surface area (Å²) in [7, 11) is -2.54. The van der Waals surface area contributed by atoms with E-state index in [1.54, 1.807) is 12.3 Å². The molecule has 7 nitrogen and oxygen atoms in total. The summed E-state index contributed by atoms with van der Waals surface area (Å²) in [5.41, 5.74) is 1.35. The van der Waals surface area contributed by atoms with E-state index in [0.717, 1.165) is 10.9 Å². The molecule has 0 spiro atoms. The van der Waals surface area contributed by atoms with Crippen molar-refractivity contribution in [2.75, 3.05) is 12.4 Å². The van der Waals surface area contributed by atoms with Gasteiger partial charge in [0.2, 0.25) is 10.0 Å². The highest BCUT2D eigenvalue weighted by atomic mass is 32.2. The Balaban J connectivity index is 2.03. The number of hydrogen-bond donors (Lipinski definition) is 2. The van der Waals surface area contributed by atoms with Gasteiger partial charge in [0.05, 0.1) is 28.8 Å². The van der Waals surface area contributed by atoms with E-state index in [0.29, 0.717) is 5.69 Å². The van der Waals surface area contributed by atoms with Crippen molar-refractivity contribution in [3.8, 4) is 5.75 Å². The Bertz CT molecular complexity index is 1060. The summed E-state index contributed by atoms with van der Waals surface area (Å²) in [5, 5.41) is 8.66. The van der Waals surface area contributed by atoms with Crippen molar-refractivity contribution in [3.63, 3.8) is 0 Å². The monoisotopic (exact) mass is 357 g/mol. The first-order chi connectivity index (χ1) is 11.9. The van der Waals surface area contributed by atoms with Crippen LogP contribution in [0, 0.1) is 0 Å². The molecule has 25 heavy (non-hydrogen) atoms.